The molecule has 3 aromatic rings. The molecule has 5 rings (SSSR count). The van der Waals surface area contributed by atoms with Gasteiger partial charge in [-0.1, -0.05) is 38.1 Å². The summed E-state index contributed by atoms with van der Waals surface area (Å²) in [4.78, 5) is 18.4. The van der Waals surface area contributed by atoms with E-state index in [1.165, 1.54) is 41.2 Å². The van der Waals surface area contributed by atoms with E-state index in [1.807, 2.05) is 44.2 Å². The molecule has 1 atom stereocenters. The Labute approximate surface area is 220 Å². The summed E-state index contributed by atoms with van der Waals surface area (Å²) in [6, 6.07) is 19.5. The summed E-state index contributed by atoms with van der Waals surface area (Å²) in [7, 11) is 0. The number of anilines is 1. The average molecular weight is 505 g/mol. The van der Waals surface area contributed by atoms with Crippen molar-refractivity contribution in [2.45, 2.75) is 59.2 Å². The van der Waals surface area contributed by atoms with Crippen molar-refractivity contribution in [3.8, 4) is 10.4 Å². The van der Waals surface area contributed by atoms with Gasteiger partial charge in [0.1, 0.15) is 0 Å². The van der Waals surface area contributed by atoms with Gasteiger partial charge >= 0.3 is 0 Å². The normalized spacial score (nSPS) is 16.6. The molecule has 1 unspecified atom stereocenters. The van der Waals surface area contributed by atoms with Crippen LogP contribution in [-0.4, -0.2) is 43.0 Å². The van der Waals surface area contributed by atoms with E-state index in [9.17, 15) is 4.79 Å². The monoisotopic (exact) mass is 504 g/mol. The van der Waals surface area contributed by atoms with Crippen molar-refractivity contribution in [2.24, 2.45) is 0 Å². The summed E-state index contributed by atoms with van der Waals surface area (Å²) in [6.45, 7) is 13.5. The molecule has 2 aliphatic rings. The molecule has 3 heterocycles. The van der Waals surface area contributed by atoms with E-state index < -0.39 is 0 Å². The Bertz CT molecular complexity index is 1150. The van der Waals surface area contributed by atoms with Gasteiger partial charge in [0, 0.05) is 40.6 Å². The topological polar surface area (TPSA) is 56.4 Å². The maximum atomic E-state index is 13.1. The van der Waals surface area contributed by atoms with Gasteiger partial charge in [-0.2, -0.15) is 0 Å². The Balaban J connectivity index is 0.00000148. The predicted molar refractivity (Wildman–Crippen MR) is 153 cm³/mol. The minimum Gasteiger partial charge on any atom is -0.380 e. The zero-order chi connectivity index (χ0) is 25.5. The van der Waals surface area contributed by atoms with Crippen LogP contribution in [0.25, 0.3) is 10.4 Å². The molecule has 36 heavy (non-hydrogen) atoms. The van der Waals surface area contributed by atoms with Crippen LogP contribution in [0.4, 0.5) is 5.69 Å². The molecular weight excluding hydrogens is 464 g/mol. The summed E-state index contributed by atoms with van der Waals surface area (Å²) in [5, 5.41) is 9.97. The second-order valence-electron chi connectivity index (χ2n) is 9.60. The fraction of sp³-hybridized carbons (Fsp3) is 0.433. The molecule has 0 radical (unpaired) electrons. The number of rotatable bonds is 8. The number of aryl methyl sites for hydroxylation is 1. The Morgan fingerprint density at radius 2 is 1.86 bits per heavy atom. The van der Waals surface area contributed by atoms with Gasteiger partial charge in [0.05, 0.1) is 12.1 Å². The Hall–Kier alpha value is -2.67. The van der Waals surface area contributed by atoms with Gasteiger partial charge in [-0.3, -0.25) is 9.69 Å². The van der Waals surface area contributed by atoms with Crippen LogP contribution in [0.5, 0.6) is 0 Å². The maximum absolute atomic E-state index is 13.1. The minimum atomic E-state index is -0.0803. The van der Waals surface area contributed by atoms with Crippen LogP contribution in [0.1, 0.15) is 66.0 Å². The van der Waals surface area contributed by atoms with E-state index in [1.54, 1.807) is 0 Å². The third-order valence-electron chi connectivity index (χ3n) is 6.89. The second kappa shape index (κ2) is 12.5. The summed E-state index contributed by atoms with van der Waals surface area (Å²) in [5.74, 6) is -0.0326. The molecule has 0 aliphatic carbocycles. The average Bonchev–Trinajstić information content (AvgIpc) is 3.56. The summed E-state index contributed by atoms with van der Waals surface area (Å²) < 4.78 is 0. The Kier molecular flexibility index (Phi) is 9.19. The van der Waals surface area contributed by atoms with Crippen LogP contribution >= 0.6 is 11.3 Å². The molecule has 1 aromatic heterocycles. The van der Waals surface area contributed by atoms with Gasteiger partial charge in [-0.25, -0.2) is 0 Å². The first-order valence-corrected chi connectivity index (χ1v) is 14.2. The van der Waals surface area contributed by atoms with Crippen molar-refractivity contribution in [3.05, 3.63) is 76.2 Å². The number of benzene rings is 2. The van der Waals surface area contributed by atoms with Gasteiger partial charge in [0.15, 0.2) is 0 Å². The molecular formula is C30H40N4OS. The van der Waals surface area contributed by atoms with Gasteiger partial charge in [0.25, 0.3) is 5.91 Å². The van der Waals surface area contributed by atoms with Crippen molar-refractivity contribution < 1.29 is 4.79 Å². The van der Waals surface area contributed by atoms with Crippen molar-refractivity contribution in [1.29, 1.82) is 0 Å². The molecule has 192 valence electrons. The van der Waals surface area contributed by atoms with E-state index in [0.29, 0.717) is 6.04 Å². The molecule has 3 N–H and O–H groups in total. The Morgan fingerprint density at radius 3 is 2.58 bits per heavy atom. The van der Waals surface area contributed by atoms with Crippen LogP contribution in [0.2, 0.25) is 0 Å². The number of amides is 1. The first-order chi connectivity index (χ1) is 17.5. The molecule has 6 heteroatoms. The fourth-order valence-corrected chi connectivity index (χ4v) is 5.73. The first-order valence-electron chi connectivity index (χ1n) is 13.4. The number of hydrogen-bond donors (Lipinski definition) is 3. The van der Waals surface area contributed by atoms with E-state index in [0.717, 1.165) is 42.0 Å². The lowest BCUT2D eigenvalue weighted by molar-refractivity contribution is 0.0939. The molecule has 2 aliphatic heterocycles. The number of carbonyl (C=O) groups excluding carboxylic acids is 1. The SMILES string of the molecule is CC.Cc1ccc(NC2CNC2)cc1C(=O)NC(C)c1cccc(-c2ccc(CN3CCCC3)s2)c1. The predicted octanol–water partition coefficient (Wildman–Crippen LogP) is 6.22. The van der Waals surface area contributed by atoms with Crippen LogP contribution < -0.4 is 16.0 Å². The van der Waals surface area contributed by atoms with Crippen LogP contribution in [0, 0.1) is 6.92 Å². The van der Waals surface area contributed by atoms with Gasteiger partial charge in [-0.15, -0.1) is 11.3 Å². The highest BCUT2D eigenvalue weighted by Gasteiger charge is 2.19. The number of hydrogen-bond acceptors (Lipinski definition) is 5. The lowest BCUT2D eigenvalue weighted by atomic mass is 10.0. The third kappa shape index (κ3) is 6.55. The van der Waals surface area contributed by atoms with Crippen LogP contribution in [-0.2, 0) is 6.54 Å². The lowest BCUT2D eigenvalue weighted by Crippen LogP contribution is -2.51. The summed E-state index contributed by atoms with van der Waals surface area (Å²) >= 11 is 1.88. The van der Waals surface area contributed by atoms with Crippen molar-refractivity contribution >= 4 is 22.9 Å². The number of nitrogens with one attached hydrogen (secondary N) is 3. The molecule has 2 aromatic carbocycles. The highest BCUT2D eigenvalue weighted by Crippen LogP contribution is 2.31. The highest BCUT2D eigenvalue weighted by molar-refractivity contribution is 7.15. The zero-order valence-electron chi connectivity index (χ0n) is 22.1. The van der Waals surface area contributed by atoms with Gasteiger partial charge in [0.2, 0.25) is 0 Å². The first kappa shape index (κ1) is 26.4. The number of carbonyl (C=O) groups is 1. The Morgan fingerprint density at radius 1 is 1.08 bits per heavy atom. The fourth-order valence-electron chi connectivity index (χ4n) is 4.68. The number of thiophene rings is 1. The summed E-state index contributed by atoms with van der Waals surface area (Å²) in [5.41, 5.74) is 5.05. The molecule has 0 spiro atoms. The number of nitrogens with zero attached hydrogens (tertiary/aromatic N) is 1. The lowest BCUT2D eigenvalue weighted by Gasteiger charge is -2.29. The zero-order valence-corrected chi connectivity index (χ0v) is 22.9. The standard InChI is InChI=1S/C28H34N4OS.C2H6/c1-19-8-9-23(31-24-16-29-17-24)15-26(19)28(33)30-20(2)21-6-5-7-22(14-21)27-11-10-25(34-27)18-32-12-3-4-13-32;1-2/h5-11,14-15,20,24,29,31H,3-4,12-13,16-18H2,1-2H3,(H,30,33);1-2H3. The van der Waals surface area contributed by atoms with Crippen molar-refractivity contribution in [2.75, 3.05) is 31.5 Å². The van der Waals surface area contributed by atoms with Crippen molar-refractivity contribution in [1.82, 2.24) is 15.5 Å². The van der Waals surface area contributed by atoms with E-state index >= 15 is 0 Å². The largest absolute Gasteiger partial charge is 0.380 e. The van der Waals surface area contributed by atoms with E-state index in [4.69, 9.17) is 0 Å². The second-order valence-corrected chi connectivity index (χ2v) is 10.8. The quantitative estimate of drug-likeness (QED) is 0.341. The number of likely N-dealkylation sites (tertiary alicyclic amines) is 1. The maximum Gasteiger partial charge on any atom is 0.252 e. The molecule has 0 bridgehead atoms. The van der Waals surface area contributed by atoms with Crippen LogP contribution in [0.15, 0.2) is 54.6 Å². The molecule has 2 fully saturated rings. The van der Waals surface area contributed by atoms with Gasteiger partial charge in [-0.05, 0) is 86.8 Å². The molecule has 2 saturated heterocycles. The van der Waals surface area contributed by atoms with E-state index in [2.05, 4.69) is 70.2 Å². The van der Waals surface area contributed by atoms with Gasteiger partial charge < -0.3 is 16.0 Å². The minimum absolute atomic E-state index is 0.0326. The molecule has 5 nitrogen and oxygen atoms in total. The molecule has 0 saturated carbocycles. The highest BCUT2D eigenvalue weighted by atomic mass is 32.1. The van der Waals surface area contributed by atoms with Crippen LogP contribution in [0.3, 0.4) is 0 Å². The summed E-state index contributed by atoms with van der Waals surface area (Å²) in [6.07, 6.45) is 2.64. The smallest absolute Gasteiger partial charge is 0.252 e. The van der Waals surface area contributed by atoms with Crippen molar-refractivity contribution in [3.63, 3.8) is 0 Å². The van der Waals surface area contributed by atoms with E-state index in [-0.39, 0.29) is 11.9 Å². The third-order valence-corrected chi connectivity index (χ3v) is 8.01. The molecule has 1 amide bonds.